The Bertz CT molecular complexity index is 939. The van der Waals surface area contributed by atoms with Crippen molar-refractivity contribution in [3.05, 3.63) is 58.8 Å². The summed E-state index contributed by atoms with van der Waals surface area (Å²) in [6.45, 7) is 3.41. The molecule has 1 aromatic heterocycles. The molecule has 130 valence electrons. The molecule has 0 bridgehead atoms. The van der Waals surface area contributed by atoms with Gasteiger partial charge in [0.2, 0.25) is 0 Å². The highest BCUT2D eigenvalue weighted by molar-refractivity contribution is 5.93. The fraction of sp³-hybridized carbons (Fsp3) is 0.222. The summed E-state index contributed by atoms with van der Waals surface area (Å²) in [4.78, 5) is 0. The highest BCUT2D eigenvalue weighted by Crippen LogP contribution is 2.33. The predicted octanol–water partition coefficient (Wildman–Crippen LogP) is 4.58. The summed E-state index contributed by atoms with van der Waals surface area (Å²) in [5, 5.41) is 22.3. The lowest BCUT2D eigenvalue weighted by atomic mass is 10.0. The largest absolute Gasteiger partial charge is 0.508 e. The number of halogens is 3. The second kappa shape index (κ2) is 6.23. The van der Waals surface area contributed by atoms with Crippen molar-refractivity contribution in [2.24, 2.45) is 0 Å². The van der Waals surface area contributed by atoms with Crippen LogP contribution in [0.2, 0.25) is 0 Å². The van der Waals surface area contributed by atoms with Crippen LogP contribution in [0, 0.1) is 13.8 Å². The van der Waals surface area contributed by atoms with Crippen LogP contribution in [0.1, 0.15) is 22.4 Å². The topological polar surface area (TPSA) is 58.0 Å². The minimum absolute atomic E-state index is 0.0817. The van der Waals surface area contributed by atoms with E-state index in [1.54, 1.807) is 31.2 Å². The van der Waals surface area contributed by atoms with Crippen LogP contribution in [0.5, 0.6) is 5.75 Å². The van der Waals surface area contributed by atoms with Crippen LogP contribution in [0.25, 0.3) is 10.8 Å². The average molecular weight is 347 g/mol. The summed E-state index contributed by atoms with van der Waals surface area (Å²) in [6, 6.07) is 8.93. The van der Waals surface area contributed by atoms with Gasteiger partial charge in [-0.05, 0) is 49.2 Å². The van der Waals surface area contributed by atoms with Crippen LogP contribution in [0.4, 0.5) is 19.0 Å². The molecule has 0 atom stereocenters. The van der Waals surface area contributed by atoms with Gasteiger partial charge in [0.05, 0.1) is 11.3 Å². The molecule has 0 spiro atoms. The minimum atomic E-state index is -4.39. The van der Waals surface area contributed by atoms with Crippen molar-refractivity contribution in [2.45, 2.75) is 26.6 Å². The number of anilines is 1. The molecule has 4 nitrogen and oxygen atoms in total. The Labute approximate surface area is 142 Å². The molecule has 0 saturated carbocycles. The normalized spacial score (nSPS) is 11.7. The summed E-state index contributed by atoms with van der Waals surface area (Å²) >= 11 is 0. The number of benzene rings is 2. The van der Waals surface area contributed by atoms with Gasteiger partial charge in [-0.1, -0.05) is 12.1 Å². The van der Waals surface area contributed by atoms with E-state index >= 15 is 0 Å². The molecule has 0 aliphatic carbocycles. The molecule has 0 saturated heterocycles. The maximum atomic E-state index is 13.0. The zero-order valence-electron chi connectivity index (χ0n) is 13.6. The molecular weight excluding hydrogens is 331 g/mol. The highest BCUT2D eigenvalue weighted by Gasteiger charge is 2.32. The number of phenols is 1. The number of aromatic nitrogens is 2. The van der Waals surface area contributed by atoms with Crippen molar-refractivity contribution in [1.29, 1.82) is 0 Å². The second-order valence-corrected chi connectivity index (χ2v) is 5.80. The average Bonchev–Trinajstić information content (AvgIpc) is 2.54. The van der Waals surface area contributed by atoms with Gasteiger partial charge in [-0.2, -0.15) is 18.3 Å². The van der Waals surface area contributed by atoms with Crippen molar-refractivity contribution in [2.75, 3.05) is 5.32 Å². The van der Waals surface area contributed by atoms with Gasteiger partial charge in [0.15, 0.2) is 5.82 Å². The number of hydrogen-bond acceptors (Lipinski definition) is 4. The summed E-state index contributed by atoms with van der Waals surface area (Å²) in [7, 11) is 0. The zero-order valence-corrected chi connectivity index (χ0v) is 13.6. The number of phenolic OH excluding ortho intramolecular Hbond substituents is 1. The molecule has 0 amide bonds. The smallest absolute Gasteiger partial charge is 0.416 e. The van der Waals surface area contributed by atoms with Gasteiger partial charge in [-0.15, -0.1) is 5.10 Å². The fourth-order valence-corrected chi connectivity index (χ4v) is 2.77. The van der Waals surface area contributed by atoms with E-state index in [1.165, 1.54) is 13.0 Å². The van der Waals surface area contributed by atoms with Gasteiger partial charge in [0.1, 0.15) is 5.75 Å². The SMILES string of the molecule is Cc1c(CNc2nnc(C)c3ccc(O)cc23)cccc1C(F)(F)F. The Morgan fingerprint density at radius 3 is 2.52 bits per heavy atom. The minimum Gasteiger partial charge on any atom is -0.508 e. The van der Waals surface area contributed by atoms with E-state index in [1.807, 2.05) is 0 Å². The lowest BCUT2D eigenvalue weighted by Gasteiger charge is -2.15. The van der Waals surface area contributed by atoms with Gasteiger partial charge in [0.25, 0.3) is 0 Å². The summed E-state index contributed by atoms with van der Waals surface area (Å²) < 4.78 is 39.1. The third-order valence-electron chi connectivity index (χ3n) is 4.15. The first-order chi connectivity index (χ1) is 11.8. The molecule has 2 N–H and O–H groups in total. The van der Waals surface area contributed by atoms with Crippen LogP contribution < -0.4 is 5.32 Å². The molecule has 25 heavy (non-hydrogen) atoms. The molecule has 0 unspecified atom stereocenters. The van der Waals surface area contributed by atoms with E-state index < -0.39 is 11.7 Å². The molecular formula is C18H16F3N3O. The molecule has 1 heterocycles. The van der Waals surface area contributed by atoms with E-state index in [9.17, 15) is 18.3 Å². The van der Waals surface area contributed by atoms with E-state index in [2.05, 4.69) is 15.5 Å². The van der Waals surface area contributed by atoms with Crippen LogP contribution in [-0.4, -0.2) is 15.3 Å². The molecule has 0 fully saturated rings. The lowest BCUT2D eigenvalue weighted by Crippen LogP contribution is -2.11. The number of hydrogen-bond donors (Lipinski definition) is 2. The number of nitrogens with zero attached hydrogens (tertiary/aromatic N) is 2. The third-order valence-corrected chi connectivity index (χ3v) is 4.15. The molecule has 0 aliphatic heterocycles. The molecule has 0 radical (unpaired) electrons. The number of aromatic hydroxyl groups is 1. The van der Waals surface area contributed by atoms with Gasteiger partial charge in [-0.3, -0.25) is 0 Å². The molecule has 3 aromatic rings. The monoisotopic (exact) mass is 347 g/mol. The second-order valence-electron chi connectivity index (χ2n) is 5.80. The molecule has 2 aromatic carbocycles. The number of fused-ring (bicyclic) bond motifs is 1. The van der Waals surface area contributed by atoms with Crippen LogP contribution in [-0.2, 0) is 12.7 Å². The van der Waals surface area contributed by atoms with Crippen LogP contribution in [0.3, 0.4) is 0 Å². The predicted molar refractivity (Wildman–Crippen MR) is 89.4 cm³/mol. The van der Waals surface area contributed by atoms with Gasteiger partial charge in [-0.25, -0.2) is 0 Å². The first-order valence-electron chi connectivity index (χ1n) is 7.63. The van der Waals surface area contributed by atoms with Crippen molar-refractivity contribution in [1.82, 2.24) is 10.2 Å². The Morgan fingerprint density at radius 1 is 1.04 bits per heavy atom. The molecule has 7 heteroatoms. The number of aryl methyl sites for hydroxylation is 1. The van der Waals surface area contributed by atoms with Crippen LogP contribution in [0.15, 0.2) is 36.4 Å². The maximum absolute atomic E-state index is 13.0. The van der Waals surface area contributed by atoms with Gasteiger partial charge >= 0.3 is 6.18 Å². The summed E-state index contributed by atoms with van der Waals surface area (Å²) in [5.41, 5.74) is 0.750. The Hall–Kier alpha value is -2.83. The van der Waals surface area contributed by atoms with Gasteiger partial charge in [0, 0.05) is 17.3 Å². The zero-order chi connectivity index (χ0) is 18.2. The molecule has 3 rings (SSSR count). The first kappa shape index (κ1) is 17.0. The van der Waals surface area contributed by atoms with Gasteiger partial charge < -0.3 is 10.4 Å². The van der Waals surface area contributed by atoms with E-state index in [-0.39, 0.29) is 17.9 Å². The summed E-state index contributed by atoms with van der Waals surface area (Å²) in [5.74, 6) is 0.492. The van der Waals surface area contributed by atoms with Crippen molar-refractivity contribution in [3.63, 3.8) is 0 Å². The number of nitrogens with one attached hydrogen (secondary N) is 1. The Kier molecular flexibility index (Phi) is 4.24. The Morgan fingerprint density at radius 2 is 1.80 bits per heavy atom. The maximum Gasteiger partial charge on any atom is 0.416 e. The Balaban J connectivity index is 1.94. The van der Waals surface area contributed by atoms with Crippen molar-refractivity contribution < 1.29 is 18.3 Å². The number of rotatable bonds is 3. The lowest BCUT2D eigenvalue weighted by molar-refractivity contribution is -0.138. The van der Waals surface area contributed by atoms with Crippen LogP contribution >= 0.6 is 0 Å². The summed E-state index contributed by atoms with van der Waals surface area (Å²) in [6.07, 6.45) is -4.39. The quantitative estimate of drug-likeness (QED) is 0.728. The standard InChI is InChI=1S/C18H16F3N3O/c1-10-12(4-3-5-16(10)18(19,20)21)9-22-17-15-8-13(25)6-7-14(15)11(2)23-24-17/h3-8,25H,9H2,1-2H3,(H,22,24). The first-order valence-corrected chi connectivity index (χ1v) is 7.63. The van der Waals surface area contributed by atoms with E-state index in [0.717, 1.165) is 11.5 Å². The van der Waals surface area contributed by atoms with E-state index in [4.69, 9.17) is 0 Å². The highest BCUT2D eigenvalue weighted by atomic mass is 19.4. The van der Waals surface area contributed by atoms with E-state index in [0.29, 0.717) is 22.5 Å². The van der Waals surface area contributed by atoms with Crippen molar-refractivity contribution in [3.8, 4) is 5.75 Å². The fourth-order valence-electron chi connectivity index (χ4n) is 2.77. The molecule has 0 aliphatic rings. The number of alkyl halides is 3. The third kappa shape index (κ3) is 3.35. The van der Waals surface area contributed by atoms with Crippen molar-refractivity contribution >= 4 is 16.6 Å².